The minimum atomic E-state index is -4.60. The number of benzene rings is 1. The molecule has 0 aliphatic heterocycles. The number of hydrogen-bond acceptors (Lipinski definition) is 1. The highest BCUT2D eigenvalue weighted by Gasteiger charge is 2.33. The normalized spacial score (nSPS) is 18.3. The molecule has 1 fully saturated rings. The van der Waals surface area contributed by atoms with Crippen molar-refractivity contribution in [2.45, 2.75) is 50.7 Å². The third kappa shape index (κ3) is 3.74. The van der Waals surface area contributed by atoms with Gasteiger partial charge in [-0.1, -0.05) is 19.3 Å². The second kappa shape index (κ2) is 5.66. The van der Waals surface area contributed by atoms with Crippen LogP contribution in [0.3, 0.4) is 0 Å². The smallest absolute Gasteiger partial charge is 0.347 e. The Hall–Kier alpha value is -1.59. The molecule has 0 bridgehead atoms. The number of hydrogen-bond donors (Lipinski definition) is 1. The number of halogens is 4. The second-order valence-corrected chi connectivity index (χ2v) is 5.77. The molecule has 21 heavy (non-hydrogen) atoms. The van der Waals surface area contributed by atoms with Crippen molar-refractivity contribution < 1.29 is 22.4 Å². The van der Waals surface area contributed by atoms with E-state index in [2.05, 4.69) is 5.32 Å². The van der Waals surface area contributed by atoms with Gasteiger partial charge in [0.1, 0.15) is 5.82 Å². The molecule has 1 aromatic carbocycles. The lowest BCUT2D eigenvalue weighted by molar-refractivity contribution is -0.137. The third-order valence-electron chi connectivity index (χ3n) is 3.91. The van der Waals surface area contributed by atoms with Crippen LogP contribution >= 0.6 is 0 Å². The average Bonchev–Trinajstić information content (AvgIpc) is 2.38. The molecular formula is C15H17F4NO. The van der Waals surface area contributed by atoms with Gasteiger partial charge in [-0.15, -0.1) is 0 Å². The number of nitrogens with one attached hydrogen (secondary N) is 1. The Labute approximate surface area is 120 Å². The van der Waals surface area contributed by atoms with Crippen molar-refractivity contribution in [3.63, 3.8) is 0 Å². The van der Waals surface area contributed by atoms with Crippen LogP contribution in [0.2, 0.25) is 0 Å². The number of alkyl halides is 3. The molecule has 1 amide bonds. The molecule has 0 spiro atoms. The van der Waals surface area contributed by atoms with E-state index in [-0.39, 0.29) is 0 Å². The maximum atomic E-state index is 13.7. The summed E-state index contributed by atoms with van der Waals surface area (Å²) in [6, 6.07) is 1.88. The predicted octanol–water partition coefficient (Wildman–Crippen LogP) is 4.30. The van der Waals surface area contributed by atoms with Gasteiger partial charge in [0.25, 0.3) is 5.91 Å². The van der Waals surface area contributed by atoms with Crippen molar-refractivity contribution in [2.24, 2.45) is 0 Å². The Morgan fingerprint density at radius 3 is 2.38 bits per heavy atom. The summed E-state index contributed by atoms with van der Waals surface area (Å²) < 4.78 is 51.6. The van der Waals surface area contributed by atoms with Crippen LogP contribution in [0.1, 0.15) is 54.9 Å². The molecule has 1 aliphatic rings. The molecule has 116 valence electrons. The Morgan fingerprint density at radius 2 is 1.81 bits per heavy atom. The van der Waals surface area contributed by atoms with E-state index >= 15 is 0 Å². The predicted molar refractivity (Wildman–Crippen MR) is 70.4 cm³/mol. The van der Waals surface area contributed by atoms with Crippen LogP contribution < -0.4 is 5.32 Å². The Kier molecular flexibility index (Phi) is 4.25. The van der Waals surface area contributed by atoms with Crippen molar-refractivity contribution >= 4 is 5.91 Å². The Bertz CT molecular complexity index is 533. The number of rotatable bonds is 2. The minimum absolute atomic E-state index is 0.476. The first-order chi connectivity index (χ1) is 9.71. The lowest BCUT2D eigenvalue weighted by Gasteiger charge is -2.34. The van der Waals surface area contributed by atoms with Gasteiger partial charge in [0.15, 0.2) is 0 Å². The van der Waals surface area contributed by atoms with Gasteiger partial charge in [-0.2, -0.15) is 13.2 Å². The summed E-state index contributed by atoms with van der Waals surface area (Å²) in [6.07, 6.45) is -0.136. The highest BCUT2D eigenvalue weighted by Crippen LogP contribution is 2.31. The maximum absolute atomic E-state index is 13.7. The van der Waals surface area contributed by atoms with Gasteiger partial charge in [0, 0.05) is 5.54 Å². The van der Waals surface area contributed by atoms with Gasteiger partial charge >= 0.3 is 6.18 Å². The summed E-state index contributed by atoms with van der Waals surface area (Å²) in [7, 11) is 0. The summed E-state index contributed by atoms with van der Waals surface area (Å²) in [6.45, 7) is 1.84. The molecule has 2 nitrogen and oxygen atoms in total. The molecule has 0 heterocycles. The summed E-state index contributed by atoms with van der Waals surface area (Å²) >= 11 is 0. The largest absolute Gasteiger partial charge is 0.416 e. The minimum Gasteiger partial charge on any atom is -0.347 e. The molecule has 1 aliphatic carbocycles. The summed E-state index contributed by atoms with van der Waals surface area (Å²) in [5.74, 6) is -1.73. The number of amides is 1. The molecule has 1 saturated carbocycles. The van der Waals surface area contributed by atoms with Crippen molar-refractivity contribution in [1.82, 2.24) is 5.32 Å². The summed E-state index contributed by atoms with van der Waals surface area (Å²) in [5.41, 5.74) is -2.06. The highest BCUT2D eigenvalue weighted by atomic mass is 19.4. The van der Waals surface area contributed by atoms with Gasteiger partial charge in [0.2, 0.25) is 0 Å². The van der Waals surface area contributed by atoms with E-state index in [1.54, 1.807) is 0 Å². The van der Waals surface area contributed by atoms with E-state index in [0.717, 1.165) is 32.1 Å². The van der Waals surface area contributed by atoms with Crippen LogP contribution in [-0.4, -0.2) is 11.4 Å². The van der Waals surface area contributed by atoms with Gasteiger partial charge in [-0.3, -0.25) is 4.79 Å². The number of carbonyl (C=O) groups excluding carboxylic acids is 1. The van der Waals surface area contributed by atoms with Crippen molar-refractivity contribution in [3.05, 3.63) is 35.1 Å². The molecule has 0 saturated heterocycles. The first-order valence-electron chi connectivity index (χ1n) is 6.91. The van der Waals surface area contributed by atoms with Crippen LogP contribution in [0, 0.1) is 5.82 Å². The molecule has 2 rings (SSSR count). The fourth-order valence-corrected chi connectivity index (χ4v) is 2.67. The lowest BCUT2D eigenvalue weighted by atomic mass is 9.83. The SMILES string of the molecule is CC1(NC(=O)c2cc(C(F)(F)F)ccc2F)CCCCC1. The van der Waals surface area contributed by atoms with E-state index in [0.29, 0.717) is 18.2 Å². The zero-order chi connectivity index (χ0) is 15.7. The van der Waals surface area contributed by atoms with E-state index in [1.807, 2.05) is 6.92 Å². The van der Waals surface area contributed by atoms with E-state index in [9.17, 15) is 22.4 Å². The average molecular weight is 303 g/mol. The maximum Gasteiger partial charge on any atom is 0.416 e. The van der Waals surface area contributed by atoms with Crippen LogP contribution in [-0.2, 0) is 6.18 Å². The Morgan fingerprint density at radius 1 is 1.19 bits per heavy atom. The molecule has 0 atom stereocenters. The zero-order valence-corrected chi connectivity index (χ0v) is 11.7. The van der Waals surface area contributed by atoms with Gasteiger partial charge in [-0.05, 0) is 38.0 Å². The van der Waals surface area contributed by atoms with Crippen molar-refractivity contribution in [3.8, 4) is 0 Å². The molecule has 0 radical (unpaired) electrons. The molecule has 0 unspecified atom stereocenters. The number of carbonyl (C=O) groups is 1. The van der Waals surface area contributed by atoms with Gasteiger partial charge in [0.05, 0.1) is 11.1 Å². The van der Waals surface area contributed by atoms with Crippen LogP contribution in [0.25, 0.3) is 0 Å². The topological polar surface area (TPSA) is 29.1 Å². The molecule has 1 N–H and O–H groups in total. The zero-order valence-electron chi connectivity index (χ0n) is 11.7. The quantitative estimate of drug-likeness (QED) is 0.811. The van der Waals surface area contributed by atoms with Crippen LogP contribution in [0.5, 0.6) is 0 Å². The first-order valence-corrected chi connectivity index (χ1v) is 6.91. The second-order valence-electron chi connectivity index (χ2n) is 5.77. The first kappa shape index (κ1) is 15.8. The highest BCUT2D eigenvalue weighted by molar-refractivity contribution is 5.95. The summed E-state index contributed by atoms with van der Waals surface area (Å²) in [4.78, 5) is 12.1. The monoisotopic (exact) mass is 303 g/mol. The lowest BCUT2D eigenvalue weighted by Crippen LogP contribution is -2.47. The van der Waals surface area contributed by atoms with E-state index in [4.69, 9.17) is 0 Å². The van der Waals surface area contributed by atoms with Gasteiger partial charge < -0.3 is 5.32 Å². The van der Waals surface area contributed by atoms with E-state index < -0.39 is 34.6 Å². The fourth-order valence-electron chi connectivity index (χ4n) is 2.67. The van der Waals surface area contributed by atoms with Gasteiger partial charge in [-0.25, -0.2) is 4.39 Å². The fraction of sp³-hybridized carbons (Fsp3) is 0.533. The molecule has 0 aromatic heterocycles. The molecule has 1 aromatic rings. The van der Waals surface area contributed by atoms with Crippen molar-refractivity contribution in [2.75, 3.05) is 0 Å². The molecular weight excluding hydrogens is 286 g/mol. The Balaban J connectivity index is 2.22. The van der Waals surface area contributed by atoms with Crippen molar-refractivity contribution in [1.29, 1.82) is 0 Å². The van der Waals surface area contributed by atoms with E-state index in [1.165, 1.54) is 0 Å². The van der Waals surface area contributed by atoms with Crippen LogP contribution in [0.4, 0.5) is 17.6 Å². The van der Waals surface area contributed by atoms with Crippen LogP contribution in [0.15, 0.2) is 18.2 Å². The summed E-state index contributed by atoms with van der Waals surface area (Å²) in [5, 5.41) is 2.68. The standard InChI is InChI=1S/C15H17F4NO/c1-14(7-3-2-4-8-14)20-13(21)11-9-10(15(17,18)19)5-6-12(11)16/h5-6,9H,2-4,7-8H2,1H3,(H,20,21). The third-order valence-corrected chi connectivity index (χ3v) is 3.91. The molecule has 6 heteroatoms.